The van der Waals surface area contributed by atoms with Gasteiger partial charge in [0.2, 0.25) is 0 Å². The van der Waals surface area contributed by atoms with Gasteiger partial charge in [0.1, 0.15) is 0 Å². The fourth-order valence-corrected chi connectivity index (χ4v) is 3.68. The first kappa shape index (κ1) is 18.5. The maximum atomic E-state index is 12.6. The minimum atomic E-state index is -0.217. The first-order valence-corrected chi connectivity index (χ1v) is 9.84. The second-order valence-electron chi connectivity index (χ2n) is 7.18. The SMILES string of the molecule is O=C(Nc1ccc(N2CCCC2)cc1)c1cccc(C(=O)N2CCOCC2)c1. The van der Waals surface area contributed by atoms with E-state index in [4.69, 9.17) is 4.74 Å². The molecule has 6 heteroatoms. The van der Waals surface area contributed by atoms with Crippen LogP contribution in [-0.2, 0) is 4.74 Å². The van der Waals surface area contributed by atoms with Crippen molar-refractivity contribution in [2.75, 3.05) is 49.6 Å². The van der Waals surface area contributed by atoms with Crippen molar-refractivity contribution < 1.29 is 14.3 Å². The molecule has 28 heavy (non-hydrogen) atoms. The van der Waals surface area contributed by atoms with Crippen LogP contribution >= 0.6 is 0 Å². The molecular weight excluding hydrogens is 354 g/mol. The van der Waals surface area contributed by atoms with Gasteiger partial charge in [0, 0.05) is 48.7 Å². The van der Waals surface area contributed by atoms with Gasteiger partial charge in [-0.1, -0.05) is 6.07 Å². The molecule has 2 aliphatic rings. The number of rotatable bonds is 4. The molecule has 0 aliphatic carbocycles. The first-order valence-electron chi connectivity index (χ1n) is 9.84. The van der Waals surface area contributed by atoms with E-state index < -0.39 is 0 Å². The summed E-state index contributed by atoms with van der Waals surface area (Å²) in [6.45, 7) is 4.46. The molecule has 0 bridgehead atoms. The van der Waals surface area contributed by atoms with Gasteiger partial charge in [-0.05, 0) is 55.3 Å². The van der Waals surface area contributed by atoms with Crippen LogP contribution in [0.15, 0.2) is 48.5 Å². The van der Waals surface area contributed by atoms with E-state index in [9.17, 15) is 9.59 Å². The third-order valence-corrected chi connectivity index (χ3v) is 5.27. The van der Waals surface area contributed by atoms with Crippen molar-refractivity contribution in [1.29, 1.82) is 0 Å². The van der Waals surface area contributed by atoms with E-state index in [1.807, 2.05) is 24.3 Å². The lowest BCUT2D eigenvalue weighted by Gasteiger charge is -2.27. The summed E-state index contributed by atoms with van der Waals surface area (Å²) in [5.74, 6) is -0.279. The highest BCUT2D eigenvalue weighted by Crippen LogP contribution is 2.22. The molecule has 0 spiro atoms. The molecule has 2 aromatic carbocycles. The van der Waals surface area contributed by atoms with E-state index >= 15 is 0 Å². The number of carbonyl (C=O) groups is 2. The van der Waals surface area contributed by atoms with E-state index in [0.29, 0.717) is 37.4 Å². The minimum Gasteiger partial charge on any atom is -0.378 e. The van der Waals surface area contributed by atoms with Crippen molar-refractivity contribution in [3.05, 3.63) is 59.7 Å². The molecule has 4 rings (SSSR count). The number of amides is 2. The van der Waals surface area contributed by atoms with Crippen LogP contribution in [0.5, 0.6) is 0 Å². The highest BCUT2D eigenvalue weighted by atomic mass is 16.5. The van der Waals surface area contributed by atoms with Gasteiger partial charge in [-0.2, -0.15) is 0 Å². The van der Waals surface area contributed by atoms with E-state index in [0.717, 1.165) is 18.8 Å². The number of anilines is 2. The number of ether oxygens (including phenoxy) is 1. The van der Waals surface area contributed by atoms with E-state index in [2.05, 4.69) is 10.2 Å². The Bertz CT molecular complexity index is 838. The molecule has 2 fully saturated rings. The lowest BCUT2D eigenvalue weighted by atomic mass is 10.1. The number of hydrogen-bond acceptors (Lipinski definition) is 4. The second kappa shape index (κ2) is 8.44. The monoisotopic (exact) mass is 379 g/mol. The van der Waals surface area contributed by atoms with Crippen LogP contribution in [0.4, 0.5) is 11.4 Å². The van der Waals surface area contributed by atoms with Crippen LogP contribution in [0.1, 0.15) is 33.6 Å². The lowest BCUT2D eigenvalue weighted by molar-refractivity contribution is 0.0303. The Labute approximate surface area is 165 Å². The quantitative estimate of drug-likeness (QED) is 0.887. The summed E-state index contributed by atoms with van der Waals surface area (Å²) in [4.78, 5) is 29.4. The van der Waals surface area contributed by atoms with Gasteiger partial charge in [0.25, 0.3) is 11.8 Å². The van der Waals surface area contributed by atoms with Gasteiger partial charge in [-0.25, -0.2) is 0 Å². The van der Waals surface area contributed by atoms with Crippen LogP contribution in [0.25, 0.3) is 0 Å². The Balaban J connectivity index is 1.42. The molecule has 1 N–H and O–H groups in total. The van der Waals surface area contributed by atoms with Crippen LogP contribution < -0.4 is 10.2 Å². The van der Waals surface area contributed by atoms with Gasteiger partial charge in [-0.3, -0.25) is 9.59 Å². The van der Waals surface area contributed by atoms with E-state index in [1.54, 1.807) is 29.2 Å². The van der Waals surface area contributed by atoms with Gasteiger partial charge >= 0.3 is 0 Å². The van der Waals surface area contributed by atoms with Crippen LogP contribution in [-0.4, -0.2) is 56.1 Å². The van der Waals surface area contributed by atoms with Crippen molar-refractivity contribution in [3.8, 4) is 0 Å². The van der Waals surface area contributed by atoms with E-state index in [-0.39, 0.29) is 11.8 Å². The standard InChI is InChI=1S/C22H25N3O3/c26-21(23-19-6-8-20(9-7-19)24-10-1-2-11-24)17-4-3-5-18(16-17)22(27)25-12-14-28-15-13-25/h3-9,16H,1-2,10-15H2,(H,23,26). The second-order valence-corrected chi connectivity index (χ2v) is 7.18. The maximum absolute atomic E-state index is 12.6. The lowest BCUT2D eigenvalue weighted by Crippen LogP contribution is -2.40. The molecule has 6 nitrogen and oxygen atoms in total. The fraction of sp³-hybridized carbons (Fsp3) is 0.364. The number of hydrogen-bond donors (Lipinski definition) is 1. The molecule has 2 heterocycles. The molecule has 2 saturated heterocycles. The summed E-state index contributed by atoms with van der Waals surface area (Å²) in [5.41, 5.74) is 2.94. The summed E-state index contributed by atoms with van der Waals surface area (Å²) < 4.78 is 5.29. The highest BCUT2D eigenvalue weighted by molar-refractivity contribution is 6.06. The zero-order chi connectivity index (χ0) is 19.3. The zero-order valence-corrected chi connectivity index (χ0v) is 15.9. The Hall–Kier alpha value is -2.86. The Morgan fingerprint density at radius 1 is 0.857 bits per heavy atom. The molecule has 0 aromatic heterocycles. The summed E-state index contributed by atoms with van der Waals surface area (Å²) in [5, 5.41) is 2.92. The maximum Gasteiger partial charge on any atom is 0.255 e. The molecular formula is C22H25N3O3. The average Bonchev–Trinajstić information content (AvgIpc) is 3.29. The third-order valence-electron chi connectivity index (χ3n) is 5.27. The molecule has 0 atom stereocenters. The van der Waals surface area contributed by atoms with Crippen molar-refractivity contribution in [2.24, 2.45) is 0 Å². The molecule has 0 radical (unpaired) electrons. The number of benzene rings is 2. The minimum absolute atomic E-state index is 0.0621. The average molecular weight is 379 g/mol. The Morgan fingerprint density at radius 2 is 1.54 bits per heavy atom. The Kier molecular flexibility index (Phi) is 5.58. The summed E-state index contributed by atoms with van der Waals surface area (Å²) in [6, 6.07) is 14.8. The van der Waals surface area contributed by atoms with Crippen molar-refractivity contribution in [1.82, 2.24) is 4.90 Å². The van der Waals surface area contributed by atoms with Crippen molar-refractivity contribution in [3.63, 3.8) is 0 Å². The molecule has 2 aliphatic heterocycles. The highest BCUT2D eigenvalue weighted by Gasteiger charge is 2.19. The number of nitrogens with one attached hydrogen (secondary N) is 1. The normalized spacial score (nSPS) is 16.9. The predicted octanol–water partition coefficient (Wildman–Crippen LogP) is 3.01. The van der Waals surface area contributed by atoms with Gasteiger partial charge < -0.3 is 19.9 Å². The zero-order valence-electron chi connectivity index (χ0n) is 15.9. The van der Waals surface area contributed by atoms with Crippen molar-refractivity contribution in [2.45, 2.75) is 12.8 Å². The fourth-order valence-electron chi connectivity index (χ4n) is 3.68. The topological polar surface area (TPSA) is 61.9 Å². The van der Waals surface area contributed by atoms with Crippen LogP contribution in [0.3, 0.4) is 0 Å². The molecule has 2 aromatic rings. The van der Waals surface area contributed by atoms with Crippen LogP contribution in [0.2, 0.25) is 0 Å². The smallest absolute Gasteiger partial charge is 0.255 e. The predicted molar refractivity (Wildman–Crippen MR) is 109 cm³/mol. The largest absolute Gasteiger partial charge is 0.378 e. The summed E-state index contributed by atoms with van der Waals surface area (Å²) in [6.07, 6.45) is 2.47. The number of nitrogens with zero attached hydrogens (tertiary/aromatic N) is 2. The number of morpholine rings is 1. The van der Waals surface area contributed by atoms with Crippen molar-refractivity contribution >= 4 is 23.2 Å². The molecule has 2 amide bonds. The summed E-state index contributed by atoms with van der Waals surface area (Å²) >= 11 is 0. The summed E-state index contributed by atoms with van der Waals surface area (Å²) in [7, 11) is 0. The molecule has 0 saturated carbocycles. The first-order chi connectivity index (χ1) is 13.7. The van der Waals surface area contributed by atoms with Gasteiger partial charge in [0.05, 0.1) is 13.2 Å². The molecule has 0 unspecified atom stereocenters. The van der Waals surface area contributed by atoms with Gasteiger partial charge in [-0.15, -0.1) is 0 Å². The van der Waals surface area contributed by atoms with E-state index in [1.165, 1.54) is 18.5 Å². The van der Waals surface area contributed by atoms with Crippen LogP contribution in [0, 0.1) is 0 Å². The number of carbonyl (C=O) groups excluding carboxylic acids is 2. The third kappa shape index (κ3) is 4.17. The molecule has 146 valence electrons. The Morgan fingerprint density at radius 3 is 2.25 bits per heavy atom. The van der Waals surface area contributed by atoms with Gasteiger partial charge in [0.15, 0.2) is 0 Å².